The van der Waals surface area contributed by atoms with Gasteiger partial charge in [0.05, 0.1) is 19.3 Å². The molecule has 2 N–H and O–H groups in total. The molecular formula is C17H24ClNO2. The van der Waals surface area contributed by atoms with Gasteiger partial charge in [0.2, 0.25) is 0 Å². The molecule has 0 radical (unpaired) electrons. The normalized spacial score (nSPS) is 23.0. The molecule has 0 heterocycles. The third kappa shape index (κ3) is 5.70. The maximum absolute atomic E-state index is 9.93. The first-order valence-corrected chi connectivity index (χ1v) is 7.93. The van der Waals surface area contributed by atoms with Gasteiger partial charge in [0, 0.05) is 17.3 Å². The van der Waals surface area contributed by atoms with E-state index in [0.29, 0.717) is 30.0 Å². The fraction of sp³-hybridized carbons (Fsp3) is 0.529. The fourth-order valence-electron chi connectivity index (χ4n) is 2.46. The Morgan fingerprint density at radius 1 is 1.29 bits per heavy atom. The van der Waals surface area contributed by atoms with E-state index in [1.807, 2.05) is 24.3 Å². The van der Waals surface area contributed by atoms with Gasteiger partial charge in [-0.2, -0.15) is 0 Å². The highest BCUT2D eigenvalue weighted by Gasteiger charge is 2.18. The van der Waals surface area contributed by atoms with E-state index in [1.165, 1.54) is 0 Å². The standard InChI is InChI=1S/C17H24ClNO2/c1-13-4-2-3-5-14(13)11-21-12-17(20)10-19-16-8-6-15(18)7-9-16/h2-3,6-9,13-14,17,19-20H,4-5,10-12H2,1H3. The summed E-state index contributed by atoms with van der Waals surface area (Å²) in [5, 5.41) is 13.8. The lowest BCUT2D eigenvalue weighted by Gasteiger charge is -2.25. The lowest BCUT2D eigenvalue weighted by molar-refractivity contribution is 0.0175. The van der Waals surface area contributed by atoms with Crippen LogP contribution >= 0.6 is 11.6 Å². The molecule has 3 atom stereocenters. The van der Waals surface area contributed by atoms with Crippen LogP contribution in [-0.2, 0) is 4.74 Å². The number of nitrogens with one attached hydrogen (secondary N) is 1. The van der Waals surface area contributed by atoms with Crippen LogP contribution in [0.4, 0.5) is 5.69 Å². The summed E-state index contributed by atoms with van der Waals surface area (Å²) in [4.78, 5) is 0. The highest BCUT2D eigenvalue weighted by molar-refractivity contribution is 6.30. The summed E-state index contributed by atoms with van der Waals surface area (Å²) >= 11 is 5.83. The average molecular weight is 310 g/mol. The van der Waals surface area contributed by atoms with Crippen LogP contribution in [0.2, 0.25) is 5.02 Å². The number of halogens is 1. The molecule has 3 unspecified atom stereocenters. The summed E-state index contributed by atoms with van der Waals surface area (Å²) in [6.07, 6.45) is 6.18. The Labute approximate surface area is 132 Å². The molecule has 4 heteroatoms. The molecule has 0 fully saturated rings. The molecule has 1 aliphatic carbocycles. The first-order valence-electron chi connectivity index (χ1n) is 7.55. The van der Waals surface area contributed by atoms with E-state index in [0.717, 1.165) is 25.1 Å². The van der Waals surface area contributed by atoms with E-state index >= 15 is 0 Å². The predicted octanol–water partition coefficient (Wildman–Crippen LogP) is 3.73. The average Bonchev–Trinajstić information content (AvgIpc) is 2.49. The molecule has 0 spiro atoms. The Hall–Kier alpha value is -1.03. The Morgan fingerprint density at radius 2 is 2.00 bits per heavy atom. The van der Waals surface area contributed by atoms with Gasteiger partial charge in [-0.1, -0.05) is 30.7 Å². The monoisotopic (exact) mass is 309 g/mol. The molecule has 0 amide bonds. The van der Waals surface area contributed by atoms with E-state index < -0.39 is 6.10 Å². The first-order chi connectivity index (χ1) is 10.1. The number of hydrogen-bond acceptors (Lipinski definition) is 3. The lowest BCUT2D eigenvalue weighted by Crippen LogP contribution is -2.27. The van der Waals surface area contributed by atoms with Crippen LogP contribution in [0.1, 0.15) is 19.8 Å². The summed E-state index contributed by atoms with van der Waals surface area (Å²) in [7, 11) is 0. The van der Waals surface area contributed by atoms with E-state index in [9.17, 15) is 5.11 Å². The molecule has 3 nitrogen and oxygen atoms in total. The molecule has 1 aromatic rings. The molecule has 0 bridgehead atoms. The number of anilines is 1. The number of hydrogen-bond donors (Lipinski definition) is 2. The van der Waals surface area contributed by atoms with Gasteiger partial charge in [-0.15, -0.1) is 0 Å². The lowest BCUT2D eigenvalue weighted by atomic mass is 9.85. The number of allylic oxidation sites excluding steroid dienone is 2. The van der Waals surface area contributed by atoms with Crippen LogP contribution < -0.4 is 5.32 Å². The Balaban J connectivity index is 1.62. The number of aliphatic hydroxyl groups is 1. The molecular weight excluding hydrogens is 286 g/mol. The molecule has 116 valence electrons. The van der Waals surface area contributed by atoms with Crippen molar-refractivity contribution in [3.05, 3.63) is 41.4 Å². The predicted molar refractivity (Wildman–Crippen MR) is 87.8 cm³/mol. The Morgan fingerprint density at radius 3 is 2.71 bits per heavy atom. The van der Waals surface area contributed by atoms with Crippen LogP contribution in [0.5, 0.6) is 0 Å². The minimum Gasteiger partial charge on any atom is -0.389 e. The number of rotatable bonds is 7. The summed E-state index contributed by atoms with van der Waals surface area (Å²) < 4.78 is 5.67. The quantitative estimate of drug-likeness (QED) is 0.754. The fourth-order valence-corrected chi connectivity index (χ4v) is 2.58. The topological polar surface area (TPSA) is 41.5 Å². The summed E-state index contributed by atoms with van der Waals surface area (Å²) in [5.74, 6) is 1.24. The Bertz CT molecular complexity index is 447. The third-order valence-electron chi connectivity index (χ3n) is 3.95. The van der Waals surface area contributed by atoms with Gasteiger partial charge < -0.3 is 15.2 Å². The van der Waals surface area contributed by atoms with Gasteiger partial charge in [-0.25, -0.2) is 0 Å². The van der Waals surface area contributed by atoms with Crippen molar-refractivity contribution in [1.29, 1.82) is 0 Å². The largest absolute Gasteiger partial charge is 0.389 e. The van der Waals surface area contributed by atoms with Crippen molar-refractivity contribution < 1.29 is 9.84 Å². The second-order valence-corrected chi connectivity index (χ2v) is 6.20. The van der Waals surface area contributed by atoms with E-state index in [-0.39, 0.29) is 0 Å². The van der Waals surface area contributed by atoms with Gasteiger partial charge in [0.1, 0.15) is 0 Å². The second-order valence-electron chi connectivity index (χ2n) is 5.76. The zero-order valence-electron chi connectivity index (χ0n) is 12.5. The van der Waals surface area contributed by atoms with E-state index in [1.54, 1.807) is 0 Å². The molecule has 0 saturated carbocycles. The maximum Gasteiger partial charge on any atom is 0.0945 e. The minimum absolute atomic E-state index is 0.369. The van der Waals surface area contributed by atoms with Crippen LogP contribution in [0.25, 0.3) is 0 Å². The molecule has 21 heavy (non-hydrogen) atoms. The molecule has 1 aliphatic rings. The van der Waals surface area contributed by atoms with Crippen molar-refractivity contribution in [2.75, 3.05) is 25.1 Å². The van der Waals surface area contributed by atoms with Crippen molar-refractivity contribution >= 4 is 17.3 Å². The number of ether oxygens (including phenoxy) is 1. The van der Waals surface area contributed by atoms with Crippen LogP contribution in [-0.4, -0.2) is 31.0 Å². The first kappa shape index (κ1) is 16.3. The highest BCUT2D eigenvalue weighted by Crippen LogP contribution is 2.25. The van der Waals surface area contributed by atoms with Crippen LogP contribution in [0, 0.1) is 11.8 Å². The van der Waals surface area contributed by atoms with Crippen molar-refractivity contribution in [2.45, 2.75) is 25.9 Å². The van der Waals surface area contributed by atoms with Crippen molar-refractivity contribution in [1.82, 2.24) is 0 Å². The van der Waals surface area contributed by atoms with Gasteiger partial charge >= 0.3 is 0 Å². The van der Waals surface area contributed by atoms with E-state index in [4.69, 9.17) is 16.3 Å². The molecule has 0 aromatic heterocycles. The zero-order valence-corrected chi connectivity index (χ0v) is 13.2. The van der Waals surface area contributed by atoms with Gasteiger partial charge in [-0.3, -0.25) is 0 Å². The highest BCUT2D eigenvalue weighted by atomic mass is 35.5. The van der Waals surface area contributed by atoms with Crippen molar-refractivity contribution in [3.63, 3.8) is 0 Å². The zero-order chi connectivity index (χ0) is 15.1. The third-order valence-corrected chi connectivity index (χ3v) is 4.20. The Kier molecular flexibility index (Phi) is 6.55. The minimum atomic E-state index is -0.505. The smallest absolute Gasteiger partial charge is 0.0945 e. The molecule has 2 rings (SSSR count). The van der Waals surface area contributed by atoms with E-state index in [2.05, 4.69) is 24.4 Å². The number of aliphatic hydroxyl groups excluding tert-OH is 1. The number of benzene rings is 1. The summed E-state index contributed by atoms with van der Waals surface area (Å²) in [6.45, 7) is 3.83. The van der Waals surface area contributed by atoms with Crippen LogP contribution in [0.3, 0.4) is 0 Å². The molecule has 0 aliphatic heterocycles. The molecule has 1 aromatic carbocycles. The second kappa shape index (κ2) is 8.42. The van der Waals surface area contributed by atoms with Crippen molar-refractivity contribution in [3.8, 4) is 0 Å². The van der Waals surface area contributed by atoms with Gasteiger partial charge in [-0.05, 0) is 48.9 Å². The maximum atomic E-state index is 9.93. The summed E-state index contributed by atoms with van der Waals surface area (Å²) in [6, 6.07) is 7.44. The van der Waals surface area contributed by atoms with Crippen molar-refractivity contribution in [2.24, 2.45) is 11.8 Å². The van der Waals surface area contributed by atoms with Gasteiger partial charge in [0.15, 0.2) is 0 Å². The SMILES string of the molecule is CC1CC=CCC1COCC(O)CNc1ccc(Cl)cc1. The van der Waals surface area contributed by atoms with Gasteiger partial charge in [0.25, 0.3) is 0 Å². The molecule has 0 saturated heterocycles. The van der Waals surface area contributed by atoms with Crippen LogP contribution in [0.15, 0.2) is 36.4 Å². The summed E-state index contributed by atoms with van der Waals surface area (Å²) in [5.41, 5.74) is 0.949.